The molecule has 0 aromatic heterocycles. The molecule has 0 spiro atoms. The molecule has 1 amide bonds. The van der Waals surface area contributed by atoms with E-state index in [9.17, 15) is 9.90 Å². The molecule has 124 valence electrons. The van der Waals surface area contributed by atoms with Crippen molar-refractivity contribution in [3.63, 3.8) is 0 Å². The number of carbonyl (C=O) groups excluding carboxylic acids is 1. The Balaban J connectivity index is 1.39. The first-order chi connectivity index (χ1) is 11.0. The topological polar surface area (TPSA) is 76.4 Å². The largest absolute Gasteiger partial charge is 0.390 e. The molecule has 4 bridgehead atoms. The number of fused-ring (bicyclic) bond motifs is 3. The van der Waals surface area contributed by atoms with E-state index in [-0.39, 0.29) is 23.4 Å². The molecule has 7 rings (SSSR count). The van der Waals surface area contributed by atoms with Gasteiger partial charge < -0.3 is 15.3 Å². The number of aliphatic hydroxyl groups is 1. The Labute approximate surface area is 136 Å². The lowest BCUT2D eigenvalue weighted by Gasteiger charge is -2.63. The molecule has 5 aliphatic carbocycles. The molecule has 2 unspecified atom stereocenters. The van der Waals surface area contributed by atoms with Crippen molar-refractivity contribution in [2.75, 3.05) is 0 Å². The van der Waals surface area contributed by atoms with Crippen molar-refractivity contribution in [3.05, 3.63) is 0 Å². The highest BCUT2D eigenvalue weighted by Crippen LogP contribution is 2.63. The van der Waals surface area contributed by atoms with Crippen molar-refractivity contribution in [2.24, 2.45) is 23.2 Å². The van der Waals surface area contributed by atoms with E-state index >= 15 is 0 Å². The molecule has 7 fully saturated rings. The third kappa shape index (κ3) is 1.57. The lowest BCUT2D eigenvalue weighted by atomic mass is 9.46. The van der Waals surface area contributed by atoms with Gasteiger partial charge in [-0.25, -0.2) is 0 Å². The molecular weight excluding hydrogens is 290 g/mol. The maximum Gasteiger partial charge on any atom is 0.246 e. The number of nitrogens with zero attached hydrogens (tertiary/aromatic N) is 1. The van der Waals surface area contributed by atoms with Crippen LogP contribution in [0.3, 0.4) is 0 Å². The highest BCUT2D eigenvalue weighted by molar-refractivity contribution is 6.00. The Hall–Kier alpha value is -1.10. The first-order valence-electron chi connectivity index (χ1n) is 9.36. The Morgan fingerprint density at radius 2 is 1.87 bits per heavy atom. The van der Waals surface area contributed by atoms with Crippen LogP contribution >= 0.6 is 0 Å². The van der Waals surface area contributed by atoms with Crippen molar-refractivity contribution in [2.45, 2.75) is 75.1 Å². The molecule has 7 aliphatic rings. The molecule has 0 radical (unpaired) electrons. The zero-order valence-electron chi connectivity index (χ0n) is 13.4. The molecule has 0 aromatic rings. The molecular formula is C18H25N3O2. The van der Waals surface area contributed by atoms with Crippen LogP contribution in [-0.4, -0.2) is 45.5 Å². The monoisotopic (exact) mass is 315 g/mol. The van der Waals surface area contributed by atoms with Crippen LogP contribution in [0.5, 0.6) is 0 Å². The van der Waals surface area contributed by atoms with Gasteiger partial charge in [0.15, 0.2) is 0 Å². The summed E-state index contributed by atoms with van der Waals surface area (Å²) in [7, 11) is 0. The molecule has 5 heteroatoms. The number of hydrogen-bond acceptors (Lipinski definition) is 3. The van der Waals surface area contributed by atoms with Gasteiger partial charge in [-0.05, 0) is 69.1 Å². The number of carbonyl (C=O) groups is 1. The maximum absolute atomic E-state index is 13.3. The highest BCUT2D eigenvalue weighted by Gasteiger charge is 2.65. The van der Waals surface area contributed by atoms with Crippen molar-refractivity contribution in [3.8, 4) is 0 Å². The van der Waals surface area contributed by atoms with Crippen LogP contribution in [0.4, 0.5) is 0 Å². The van der Waals surface area contributed by atoms with Crippen LogP contribution in [0, 0.1) is 28.6 Å². The van der Waals surface area contributed by atoms with Gasteiger partial charge in [0, 0.05) is 11.5 Å². The van der Waals surface area contributed by atoms with Gasteiger partial charge in [-0.15, -0.1) is 0 Å². The van der Waals surface area contributed by atoms with Gasteiger partial charge in [0.1, 0.15) is 11.9 Å². The molecule has 2 heterocycles. The number of rotatable bonds is 1. The molecule has 3 N–H and O–H groups in total. The van der Waals surface area contributed by atoms with Crippen LogP contribution < -0.4 is 5.32 Å². The summed E-state index contributed by atoms with van der Waals surface area (Å²) in [6, 6.07) is 0.164. The van der Waals surface area contributed by atoms with Gasteiger partial charge in [-0.2, -0.15) is 0 Å². The normalized spacial score (nSPS) is 58.9. The minimum absolute atomic E-state index is 0.0134. The zero-order valence-corrected chi connectivity index (χ0v) is 13.4. The van der Waals surface area contributed by atoms with Crippen molar-refractivity contribution in [1.82, 2.24) is 10.2 Å². The van der Waals surface area contributed by atoms with E-state index in [1.807, 2.05) is 0 Å². The van der Waals surface area contributed by atoms with Gasteiger partial charge in [0.25, 0.3) is 0 Å². The third-order valence-corrected chi connectivity index (χ3v) is 7.93. The van der Waals surface area contributed by atoms with Crippen LogP contribution in [0.1, 0.15) is 51.4 Å². The average molecular weight is 315 g/mol. The highest BCUT2D eigenvalue weighted by atomic mass is 16.3. The number of amidine groups is 1. The second-order valence-electron chi connectivity index (χ2n) is 9.60. The lowest BCUT2D eigenvalue weighted by molar-refractivity contribution is -0.180. The fourth-order valence-electron chi connectivity index (χ4n) is 7.53. The van der Waals surface area contributed by atoms with Crippen LogP contribution in [-0.2, 0) is 4.79 Å². The van der Waals surface area contributed by atoms with E-state index in [1.54, 1.807) is 0 Å². The Kier molecular flexibility index (Phi) is 2.16. The number of hydrogen-bond donors (Lipinski definition) is 3. The summed E-state index contributed by atoms with van der Waals surface area (Å²) >= 11 is 0. The number of amides is 1. The van der Waals surface area contributed by atoms with Gasteiger partial charge in [-0.1, -0.05) is 0 Å². The Morgan fingerprint density at radius 1 is 1.13 bits per heavy atom. The van der Waals surface area contributed by atoms with E-state index in [4.69, 9.17) is 5.41 Å². The predicted molar refractivity (Wildman–Crippen MR) is 83.9 cm³/mol. The lowest BCUT2D eigenvalue weighted by Crippen LogP contribution is -2.71. The predicted octanol–water partition coefficient (Wildman–Crippen LogP) is 1.26. The van der Waals surface area contributed by atoms with Crippen molar-refractivity contribution in [1.29, 1.82) is 5.41 Å². The molecule has 5 nitrogen and oxygen atoms in total. The molecule has 2 saturated heterocycles. The van der Waals surface area contributed by atoms with E-state index in [2.05, 4.69) is 10.2 Å². The SMILES string of the molecule is N=C1N[C@@H](C23CC4CC(CC(O)(C4)C2)C3)C(=O)N2[C@@H]1C[C@@H]1C[C@@H]12. The second kappa shape index (κ2) is 3.76. The molecule has 6 atom stereocenters. The molecule has 5 saturated carbocycles. The quantitative estimate of drug-likeness (QED) is 0.682. The van der Waals surface area contributed by atoms with Crippen molar-refractivity contribution < 1.29 is 9.90 Å². The number of piperidine rings is 1. The molecule has 0 aromatic carbocycles. The second-order valence-corrected chi connectivity index (χ2v) is 9.60. The van der Waals surface area contributed by atoms with Crippen LogP contribution in [0.25, 0.3) is 0 Å². The van der Waals surface area contributed by atoms with Gasteiger partial charge in [0.05, 0.1) is 11.6 Å². The van der Waals surface area contributed by atoms with Crippen molar-refractivity contribution >= 4 is 11.7 Å². The van der Waals surface area contributed by atoms with E-state index in [0.717, 1.165) is 44.9 Å². The van der Waals surface area contributed by atoms with Gasteiger partial charge in [-0.3, -0.25) is 10.2 Å². The fourth-order valence-corrected chi connectivity index (χ4v) is 7.53. The maximum atomic E-state index is 13.3. The van der Waals surface area contributed by atoms with E-state index in [1.165, 1.54) is 6.42 Å². The van der Waals surface area contributed by atoms with Gasteiger partial charge >= 0.3 is 0 Å². The van der Waals surface area contributed by atoms with E-state index in [0.29, 0.717) is 29.6 Å². The smallest absolute Gasteiger partial charge is 0.246 e. The minimum Gasteiger partial charge on any atom is -0.390 e. The first-order valence-corrected chi connectivity index (χ1v) is 9.36. The number of piperazine rings is 1. The summed E-state index contributed by atoms with van der Waals surface area (Å²) < 4.78 is 0. The summed E-state index contributed by atoms with van der Waals surface area (Å²) in [5.41, 5.74) is -0.654. The average Bonchev–Trinajstić information content (AvgIpc) is 3.10. The molecule has 2 aliphatic heterocycles. The standard InChI is InChI=1S/C18H25N3O2/c19-15-13-3-11-2-12(11)21(13)16(22)14(20-15)17-4-9-1-10(5-17)7-18(23,6-9)8-17/h9-14,23H,1-8H2,(H2,19,20)/t9?,10?,11-,12-,13+,14+,17?,18?/m0/s1. The Morgan fingerprint density at radius 3 is 2.57 bits per heavy atom. The van der Waals surface area contributed by atoms with Crippen LogP contribution in [0.2, 0.25) is 0 Å². The minimum atomic E-state index is -0.543. The Bertz CT molecular complexity index is 618. The third-order valence-electron chi connectivity index (χ3n) is 7.93. The summed E-state index contributed by atoms with van der Waals surface area (Å²) in [5, 5.41) is 22.8. The number of nitrogens with one attached hydrogen (secondary N) is 2. The van der Waals surface area contributed by atoms with E-state index < -0.39 is 5.60 Å². The first kappa shape index (κ1) is 13.2. The van der Waals surface area contributed by atoms with Gasteiger partial charge in [0.2, 0.25) is 5.91 Å². The summed E-state index contributed by atoms with van der Waals surface area (Å²) in [5.74, 6) is 2.60. The summed E-state index contributed by atoms with van der Waals surface area (Å²) in [6.45, 7) is 0. The fraction of sp³-hybridized carbons (Fsp3) is 0.889. The zero-order chi connectivity index (χ0) is 15.6. The summed E-state index contributed by atoms with van der Waals surface area (Å²) in [6.07, 6.45) is 8.11. The molecule has 23 heavy (non-hydrogen) atoms. The summed E-state index contributed by atoms with van der Waals surface area (Å²) in [4.78, 5) is 15.3. The van der Waals surface area contributed by atoms with Crippen LogP contribution in [0.15, 0.2) is 0 Å².